The van der Waals surface area contributed by atoms with E-state index in [0.717, 1.165) is 47.4 Å². The van der Waals surface area contributed by atoms with Gasteiger partial charge in [-0.15, -0.1) is 0 Å². The van der Waals surface area contributed by atoms with E-state index in [9.17, 15) is 9.90 Å². The third kappa shape index (κ3) is 2.99. The molecule has 3 heterocycles. The molecule has 146 valence electrons. The summed E-state index contributed by atoms with van der Waals surface area (Å²) in [6.07, 6.45) is 2.86. The van der Waals surface area contributed by atoms with Crippen molar-refractivity contribution in [3.63, 3.8) is 0 Å². The van der Waals surface area contributed by atoms with Crippen molar-refractivity contribution in [2.24, 2.45) is 7.05 Å². The minimum Gasteiger partial charge on any atom is -0.392 e. The number of hydrogen-bond acceptors (Lipinski definition) is 3. The van der Waals surface area contributed by atoms with Crippen LogP contribution in [0.4, 0.5) is 0 Å². The SMILES string of the molecule is Cn1c2c(c3ccc(-n4ccc(-c5ccc(CO)cc5)cc4=O)cc31)CNCC2. The Balaban J connectivity index is 1.56. The largest absolute Gasteiger partial charge is 0.392 e. The number of hydrogen-bond donors (Lipinski definition) is 2. The molecule has 29 heavy (non-hydrogen) atoms. The molecule has 0 bridgehead atoms. The van der Waals surface area contributed by atoms with Crippen LogP contribution in [0.25, 0.3) is 27.7 Å². The van der Waals surface area contributed by atoms with Crippen molar-refractivity contribution in [1.29, 1.82) is 0 Å². The van der Waals surface area contributed by atoms with E-state index in [4.69, 9.17) is 0 Å². The minimum atomic E-state index is -0.0614. The lowest BCUT2D eigenvalue weighted by molar-refractivity contribution is 0.282. The maximum Gasteiger partial charge on any atom is 0.255 e. The van der Waals surface area contributed by atoms with Crippen molar-refractivity contribution in [2.75, 3.05) is 6.54 Å². The molecule has 2 aromatic carbocycles. The summed E-state index contributed by atoms with van der Waals surface area (Å²) in [7, 11) is 2.11. The van der Waals surface area contributed by atoms with Gasteiger partial charge in [0, 0.05) is 49.9 Å². The smallest absolute Gasteiger partial charge is 0.255 e. The van der Waals surface area contributed by atoms with E-state index in [2.05, 4.69) is 29.1 Å². The zero-order valence-electron chi connectivity index (χ0n) is 16.4. The van der Waals surface area contributed by atoms with Gasteiger partial charge in [-0.2, -0.15) is 0 Å². The second-order valence-corrected chi connectivity index (χ2v) is 7.59. The molecule has 2 N–H and O–H groups in total. The summed E-state index contributed by atoms with van der Waals surface area (Å²) in [5.74, 6) is 0. The highest BCUT2D eigenvalue weighted by molar-refractivity contribution is 5.87. The van der Waals surface area contributed by atoms with Gasteiger partial charge < -0.3 is 15.0 Å². The number of nitrogens with zero attached hydrogens (tertiary/aromatic N) is 2. The zero-order valence-corrected chi connectivity index (χ0v) is 16.4. The van der Waals surface area contributed by atoms with Crippen LogP contribution >= 0.6 is 0 Å². The van der Waals surface area contributed by atoms with Crippen LogP contribution in [0.1, 0.15) is 16.8 Å². The average Bonchev–Trinajstić information content (AvgIpc) is 3.06. The molecular formula is C24H23N3O2. The Morgan fingerprint density at radius 2 is 1.86 bits per heavy atom. The molecular weight excluding hydrogens is 362 g/mol. The highest BCUT2D eigenvalue weighted by Gasteiger charge is 2.18. The van der Waals surface area contributed by atoms with E-state index in [1.54, 1.807) is 10.6 Å². The van der Waals surface area contributed by atoms with Crippen LogP contribution in [-0.4, -0.2) is 20.8 Å². The van der Waals surface area contributed by atoms with E-state index in [1.807, 2.05) is 42.6 Å². The molecule has 0 saturated carbocycles. The summed E-state index contributed by atoms with van der Waals surface area (Å²) >= 11 is 0. The lowest BCUT2D eigenvalue weighted by atomic mass is 10.0. The fraction of sp³-hybridized carbons (Fsp3) is 0.208. The number of aliphatic hydroxyl groups excluding tert-OH is 1. The Morgan fingerprint density at radius 1 is 1.03 bits per heavy atom. The van der Waals surface area contributed by atoms with Gasteiger partial charge in [-0.05, 0) is 40.5 Å². The normalized spacial score (nSPS) is 13.6. The maximum absolute atomic E-state index is 12.9. The first kappa shape index (κ1) is 17.9. The van der Waals surface area contributed by atoms with Crippen LogP contribution in [0, 0.1) is 0 Å². The molecule has 0 amide bonds. The first-order valence-corrected chi connectivity index (χ1v) is 9.90. The van der Waals surface area contributed by atoms with Gasteiger partial charge in [-0.1, -0.05) is 30.3 Å². The van der Waals surface area contributed by atoms with E-state index >= 15 is 0 Å². The number of aryl methyl sites for hydroxylation is 1. The van der Waals surface area contributed by atoms with Gasteiger partial charge in [0.25, 0.3) is 5.56 Å². The Labute approximate surface area is 168 Å². The highest BCUT2D eigenvalue weighted by Crippen LogP contribution is 2.29. The molecule has 5 heteroatoms. The fourth-order valence-electron chi connectivity index (χ4n) is 4.32. The summed E-state index contributed by atoms with van der Waals surface area (Å²) < 4.78 is 3.95. The molecule has 0 unspecified atom stereocenters. The van der Waals surface area contributed by atoms with Gasteiger partial charge >= 0.3 is 0 Å². The molecule has 0 saturated heterocycles. The van der Waals surface area contributed by atoms with Crippen molar-refractivity contribution in [3.05, 3.63) is 88.0 Å². The third-order valence-electron chi connectivity index (χ3n) is 5.93. The molecule has 2 aromatic heterocycles. The van der Waals surface area contributed by atoms with Crippen LogP contribution in [0.3, 0.4) is 0 Å². The number of nitrogens with one attached hydrogen (secondary N) is 1. The van der Waals surface area contributed by atoms with E-state index in [0.29, 0.717) is 0 Å². The summed E-state index contributed by atoms with van der Waals surface area (Å²) in [5, 5.41) is 13.9. The number of aromatic nitrogens is 2. The number of pyridine rings is 1. The van der Waals surface area contributed by atoms with Gasteiger partial charge in [0.15, 0.2) is 0 Å². The van der Waals surface area contributed by atoms with Crippen molar-refractivity contribution >= 4 is 10.9 Å². The van der Waals surface area contributed by atoms with Gasteiger partial charge in [0.2, 0.25) is 0 Å². The Hall–Kier alpha value is -3.15. The molecule has 1 aliphatic rings. The summed E-state index contributed by atoms with van der Waals surface area (Å²) in [6.45, 7) is 1.92. The molecule has 5 nitrogen and oxygen atoms in total. The monoisotopic (exact) mass is 385 g/mol. The summed E-state index contributed by atoms with van der Waals surface area (Å²) in [6, 6.07) is 17.5. The fourth-order valence-corrected chi connectivity index (χ4v) is 4.32. The molecule has 5 rings (SSSR count). The van der Waals surface area contributed by atoms with Gasteiger partial charge in [-0.3, -0.25) is 9.36 Å². The maximum atomic E-state index is 12.9. The summed E-state index contributed by atoms with van der Waals surface area (Å²) in [5.41, 5.74) is 7.41. The Morgan fingerprint density at radius 3 is 2.62 bits per heavy atom. The van der Waals surface area contributed by atoms with Crippen molar-refractivity contribution in [3.8, 4) is 16.8 Å². The molecule has 0 spiro atoms. The zero-order chi connectivity index (χ0) is 20.0. The number of aliphatic hydroxyl groups is 1. The van der Waals surface area contributed by atoms with Crippen LogP contribution in [0.15, 0.2) is 65.6 Å². The van der Waals surface area contributed by atoms with E-state index in [1.165, 1.54) is 16.6 Å². The highest BCUT2D eigenvalue weighted by atomic mass is 16.3. The quantitative estimate of drug-likeness (QED) is 0.570. The topological polar surface area (TPSA) is 59.2 Å². The standard InChI is InChI=1S/C24H23N3O2/c1-26-22-8-10-25-14-21(22)20-7-6-19(13-23(20)26)27-11-9-18(12-24(27)29)17-4-2-16(15-28)3-5-17/h2-7,9,11-13,25,28H,8,10,14-15H2,1H3. The van der Waals surface area contributed by atoms with Crippen LogP contribution < -0.4 is 10.9 Å². The van der Waals surface area contributed by atoms with Crippen molar-refractivity contribution in [2.45, 2.75) is 19.6 Å². The van der Waals surface area contributed by atoms with Gasteiger partial charge in [-0.25, -0.2) is 0 Å². The lowest BCUT2D eigenvalue weighted by Crippen LogP contribution is -2.24. The Bertz CT molecular complexity index is 1270. The van der Waals surface area contributed by atoms with Crippen molar-refractivity contribution < 1.29 is 5.11 Å². The van der Waals surface area contributed by atoms with Gasteiger partial charge in [0.05, 0.1) is 17.8 Å². The molecule has 0 aliphatic carbocycles. The average molecular weight is 385 g/mol. The lowest BCUT2D eigenvalue weighted by Gasteiger charge is -2.14. The first-order chi connectivity index (χ1) is 14.2. The molecule has 0 radical (unpaired) electrons. The second-order valence-electron chi connectivity index (χ2n) is 7.59. The third-order valence-corrected chi connectivity index (χ3v) is 5.93. The molecule has 4 aromatic rings. The minimum absolute atomic E-state index is 0.0169. The van der Waals surface area contributed by atoms with Crippen molar-refractivity contribution in [1.82, 2.24) is 14.5 Å². The second kappa shape index (κ2) is 7.03. The summed E-state index contributed by atoms with van der Waals surface area (Å²) in [4.78, 5) is 12.9. The van der Waals surface area contributed by atoms with Crippen LogP contribution in [0.5, 0.6) is 0 Å². The van der Waals surface area contributed by atoms with E-state index < -0.39 is 0 Å². The first-order valence-electron chi connectivity index (χ1n) is 9.90. The number of fused-ring (bicyclic) bond motifs is 3. The molecule has 0 atom stereocenters. The predicted octanol–water partition coefficient (Wildman–Crippen LogP) is 3.13. The van der Waals surface area contributed by atoms with Gasteiger partial charge in [0.1, 0.15) is 0 Å². The predicted molar refractivity (Wildman–Crippen MR) is 115 cm³/mol. The van der Waals surface area contributed by atoms with Crippen LogP contribution in [-0.2, 0) is 26.6 Å². The number of rotatable bonds is 3. The molecule has 1 aliphatic heterocycles. The van der Waals surface area contributed by atoms with E-state index in [-0.39, 0.29) is 12.2 Å². The molecule has 0 fully saturated rings. The number of benzene rings is 2. The van der Waals surface area contributed by atoms with Crippen LogP contribution in [0.2, 0.25) is 0 Å². The Kier molecular flexibility index (Phi) is 4.34.